The van der Waals surface area contributed by atoms with Crippen molar-refractivity contribution in [3.63, 3.8) is 0 Å². The van der Waals surface area contributed by atoms with Crippen LogP contribution < -0.4 is 15.5 Å². The normalized spacial score (nSPS) is 16.5. The van der Waals surface area contributed by atoms with Gasteiger partial charge in [-0.25, -0.2) is 4.98 Å². The Balaban J connectivity index is 1.30. The van der Waals surface area contributed by atoms with Crippen molar-refractivity contribution < 1.29 is 9.59 Å². The molecule has 0 radical (unpaired) electrons. The van der Waals surface area contributed by atoms with E-state index >= 15 is 0 Å². The molecule has 30 heavy (non-hydrogen) atoms. The third-order valence-electron chi connectivity index (χ3n) is 5.49. The summed E-state index contributed by atoms with van der Waals surface area (Å²) in [6.07, 6.45) is 10.9. The highest BCUT2D eigenvalue weighted by molar-refractivity contribution is 5.95. The molecule has 1 aromatic carbocycles. The first kappa shape index (κ1) is 20.1. The number of amides is 2. The van der Waals surface area contributed by atoms with Crippen molar-refractivity contribution in [3.05, 3.63) is 65.4 Å². The first-order valence-corrected chi connectivity index (χ1v) is 10.7. The summed E-state index contributed by atoms with van der Waals surface area (Å²) in [5, 5.41) is 5.92. The standard InChI is InChI=1S/C24H28N4O2/c29-22(13-8-18-6-9-19(10-7-18)24(30)27-21-11-12-21)26-17-20-5-4-14-25-23(20)28-15-2-1-3-16-28/h4-10,13-14,21H,1-3,11-12,15-17H2,(H,26,29)(H,27,30)/b13-8+. The molecule has 2 fully saturated rings. The maximum Gasteiger partial charge on any atom is 0.251 e. The first-order valence-electron chi connectivity index (χ1n) is 10.7. The summed E-state index contributed by atoms with van der Waals surface area (Å²) in [6, 6.07) is 11.5. The number of rotatable bonds is 7. The molecule has 156 valence electrons. The first-order chi connectivity index (χ1) is 14.7. The van der Waals surface area contributed by atoms with E-state index in [0.717, 1.165) is 42.9 Å². The molecule has 0 unspecified atom stereocenters. The van der Waals surface area contributed by atoms with Crippen LogP contribution in [-0.2, 0) is 11.3 Å². The maximum atomic E-state index is 12.3. The molecule has 6 nitrogen and oxygen atoms in total. The minimum atomic E-state index is -0.154. The highest BCUT2D eigenvalue weighted by atomic mass is 16.2. The van der Waals surface area contributed by atoms with Gasteiger partial charge in [0.05, 0.1) is 0 Å². The number of hydrogen-bond donors (Lipinski definition) is 2. The topological polar surface area (TPSA) is 74.3 Å². The van der Waals surface area contributed by atoms with Gasteiger partial charge in [-0.15, -0.1) is 0 Å². The molecule has 0 spiro atoms. The molecule has 0 atom stereocenters. The van der Waals surface area contributed by atoms with Gasteiger partial charge in [0.2, 0.25) is 5.91 Å². The summed E-state index contributed by atoms with van der Waals surface area (Å²) in [4.78, 5) is 31.2. The van der Waals surface area contributed by atoms with Crippen molar-refractivity contribution in [3.8, 4) is 0 Å². The summed E-state index contributed by atoms with van der Waals surface area (Å²) in [5.74, 6) is 0.785. The number of hydrogen-bond acceptors (Lipinski definition) is 4. The zero-order valence-electron chi connectivity index (χ0n) is 17.1. The van der Waals surface area contributed by atoms with Crippen LogP contribution in [0.1, 0.15) is 53.6 Å². The van der Waals surface area contributed by atoms with E-state index in [9.17, 15) is 9.59 Å². The van der Waals surface area contributed by atoms with Crippen LogP contribution in [0.3, 0.4) is 0 Å². The number of nitrogens with one attached hydrogen (secondary N) is 2. The number of carbonyl (C=O) groups excluding carboxylic acids is 2. The molecule has 2 aromatic rings. The molecular formula is C24H28N4O2. The lowest BCUT2D eigenvalue weighted by atomic mass is 10.1. The third kappa shape index (κ3) is 5.47. The number of benzene rings is 1. The fourth-order valence-corrected chi connectivity index (χ4v) is 3.61. The van der Waals surface area contributed by atoms with Crippen molar-refractivity contribution in [2.24, 2.45) is 0 Å². The van der Waals surface area contributed by atoms with Crippen molar-refractivity contribution in [1.82, 2.24) is 15.6 Å². The number of pyridine rings is 1. The summed E-state index contributed by atoms with van der Waals surface area (Å²) >= 11 is 0. The molecule has 2 aliphatic rings. The van der Waals surface area contributed by atoms with Gasteiger partial charge in [0.15, 0.2) is 0 Å². The summed E-state index contributed by atoms with van der Waals surface area (Å²) in [7, 11) is 0. The average molecular weight is 405 g/mol. The van der Waals surface area contributed by atoms with E-state index in [0.29, 0.717) is 18.2 Å². The number of aromatic nitrogens is 1. The second kappa shape index (κ2) is 9.57. The fraction of sp³-hybridized carbons (Fsp3) is 0.375. The second-order valence-electron chi connectivity index (χ2n) is 7.95. The van der Waals surface area contributed by atoms with Crippen LogP contribution in [0, 0.1) is 0 Å². The number of nitrogens with zero attached hydrogens (tertiary/aromatic N) is 2. The van der Waals surface area contributed by atoms with Gasteiger partial charge >= 0.3 is 0 Å². The molecular weight excluding hydrogens is 376 g/mol. The summed E-state index contributed by atoms with van der Waals surface area (Å²) in [6.45, 7) is 2.49. The highest BCUT2D eigenvalue weighted by Crippen LogP contribution is 2.21. The van der Waals surface area contributed by atoms with Crippen LogP contribution in [0.4, 0.5) is 5.82 Å². The Morgan fingerprint density at radius 1 is 1.07 bits per heavy atom. The monoisotopic (exact) mass is 404 g/mol. The average Bonchev–Trinajstić information content (AvgIpc) is 3.61. The van der Waals surface area contributed by atoms with Gasteiger partial charge < -0.3 is 15.5 Å². The van der Waals surface area contributed by atoms with Gasteiger partial charge in [-0.2, -0.15) is 0 Å². The van der Waals surface area contributed by atoms with E-state index in [1.54, 1.807) is 18.2 Å². The molecule has 1 aliphatic heterocycles. The van der Waals surface area contributed by atoms with Crippen LogP contribution in [-0.4, -0.2) is 35.9 Å². The SMILES string of the molecule is O=C(/C=C/c1ccc(C(=O)NC2CC2)cc1)NCc1cccnc1N1CCCCC1. The van der Waals surface area contributed by atoms with Crippen LogP contribution >= 0.6 is 0 Å². The van der Waals surface area contributed by atoms with Crippen LogP contribution in [0.15, 0.2) is 48.7 Å². The number of anilines is 1. The third-order valence-corrected chi connectivity index (χ3v) is 5.49. The van der Waals surface area contributed by atoms with Crippen molar-refractivity contribution in [1.29, 1.82) is 0 Å². The quantitative estimate of drug-likeness (QED) is 0.695. The Kier molecular flexibility index (Phi) is 6.42. The van der Waals surface area contributed by atoms with E-state index in [-0.39, 0.29) is 11.8 Å². The molecule has 2 heterocycles. The van der Waals surface area contributed by atoms with Crippen molar-refractivity contribution in [2.45, 2.75) is 44.7 Å². The molecule has 1 aliphatic carbocycles. The van der Waals surface area contributed by atoms with Crippen LogP contribution in [0.5, 0.6) is 0 Å². The molecule has 1 saturated heterocycles. The van der Waals surface area contributed by atoms with Gasteiger partial charge in [0, 0.05) is 49.1 Å². The smallest absolute Gasteiger partial charge is 0.251 e. The van der Waals surface area contributed by atoms with Gasteiger partial charge in [-0.3, -0.25) is 9.59 Å². The summed E-state index contributed by atoms with van der Waals surface area (Å²) < 4.78 is 0. The maximum absolute atomic E-state index is 12.3. The Bertz CT molecular complexity index is 913. The number of piperidine rings is 1. The van der Waals surface area contributed by atoms with Crippen LogP contribution in [0.25, 0.3) is 6.08 Å². The Morgan fingerprint density at radius 3 is 2.57 bits per heavy atom. The van der Waals surface area contributed by atoms with Gasteiger partial charge in [-0.05, 0) is 61.9 Å². The van der Waals surface area contributed by atoms with Crippen LogP contribution in [0.2, 0.25) is 0 Å². The van der Waals surface area contributed by atoms with Crippen molar-refractivity contribution >= 4 is 23.7 Å². The molecule has 2 amide bonds. The molecule has 2 N–H and O–H groups in total. The predicted octanol–water partition coefficient (Wildman–Crippen LogP) is 3.29. The van der Waals surface area contributed by atoms with E-state index in [1.807, 2.05) is 30.5 Å². The number of carbonyl (C=O) groups is 2. The summed E-state index contributed by atoms with van der Waals surface area (Å²) in [5.41, 5.74) is 2.56. The lowest BCUT2D eigenvalue weighted by molar-refractivity contribution is -0.116. The lowest BCUT2D eigenvalue weighted by Gasteiger charge is -2.29. The van der Waals surface area contributed by atoms with E-state index in [1.165, 1.54) is 25.3 Å². The minimum absolute atomic E-state index is 0.0354. The van der Waals surface area contributed by atoms with Crippen molar-refractivity contribution in [2.75, 3.05) is 18.0 Å². The second-order valence-corrected chi connectivity index (χ2v) is 7.95. The van der Waals surface area contributed by atoms with Gasteiger partial charge in [0.25, 0.3) is 5.91 Å². The Labute approximate surface area is 177 Å². The highest BCUT2D eigenvalue weighted by Gasteiger charge is 2.23. The molecule has 0 bridgehead atoms. The van der Waals surface area contributed by atoms with Gasteiger partial charge in [-0.1, -0.05) is 18.2 Å². The molecule has 1 aromatic heterocycles. The lowest BCUT2D eigenvalue weighted by Crippen LogP contribution is -2.32. The van der Waals surface area contributed by atoms with Gasteiger partial charge in [0.1, 0.15) is 5.82 Å². The van der Waals surface area contributed by atoms with E-state index in [4.69, 9.17) is 0 Å². The Hall–Kier alpha value is -3.15. The fourth-order valence-electron chi connectivity index (χ4n) is 3.61. The molecule has 4 rings (SSSR count). The zero-order chi connectivity index (χ0) is 20.8. The molecule has 6 heteroatoms. The largest absolute Gasteiger partial charge is 0.356 e. The predicted molar refractivity (Wildman–Crippen MR) is 118 cm³/mol. The van der Waals surface area contributed by atoms with E-state index < -0.39 is 0 Å². The van der Waals surface area contributed by atoms with E-state index in [2.05, 4.69) is 20.5 Å². The minimum Gasteiger partial charge on any atom is -0.356 e. The zero-order valence-corrected chi connectivity index (χ0v) is 17.1. The Morgan fingerprint density at radius 2 is 1.83 bits per heavy atom. The molecule has 1 saturated carbocycles.